The van der Waals surface area contributed by atoms with Gasteiger partial charge in [0.2, 0.25) is 0 Å². The molecule has 0 bridgehead atoms. The van der Waals surface area contributed by atoms with Gasteiger partial charge in [0.15, 0.2) is 0 Å². The number of nitrogens with zero attached hydrogens (tertiary/aromatic N) is 3. The zero-order valence-electron chi connectivity index (χ0n) is 13.3. The number of piperazine rings is 1. The van der Waals surface area contributed by atoms with E-state index in [1.54, 1.807) is 22.1 Å². The summed E-state index contributed by atoms with van der Waals surface area (Å²) in [6.45, 7) is 1.75. The van der Waals surface area contributed by atoms with Gasteiger partial charge in [-0.15, -0.1) is 0 Å². The molecule has 0 radical (unpaired) electrons. The van der Waals surface area contributed by atoms with Crippen molar-refractivity contribution in [3.8, 4) is 0 Å². The highest BCUT2D eigenvalue weighted by atomic mass is 79.9. The number of hydrogen-bond acceptors (Lipinski definition) is 3. The van der Waals surface area contributed by atoms with Gasteiger partial charge in [0.05, 0.1) is 5.56 Å². The number of amides is 3. The molecule has 0 saturated carbocycles. The molecule has 1 saturated heterocycles. The number of urea groups is 1. The minimum Gasteiger partial charge on any atom is -0.335 e. The maximum Gasteiger partial charge on any atom is 0.321 e. The molecule has 1 aromatic heterocycles. The zero-order chi connectivity index (χ0) is 17.8. The third-order valence-corrected chi connectivity index (χ3v) is 4.34. The molecule has 8 heteroatoms. The molecule has 130 valence electrons. The lowest BCUT2D eigenvalue weighted by atomic mass is 10.2. The highest BCUT2D eigenvalue weighted by molar-refractivity contribution is 9.10. The number of benzene rings is 1. The molecule has 3 rings (SSSR count). The monoisotopic (exact) mass is 406 g/mol. The Morgan fingerprint density at radius 1 is 1.04 bits per heavy atom. The predicted molar refractivity (Wildman–Crippen MR) is 94.8 cm³/mol. The van der Waals surface area contributed by atoms with Crippen LogP contribution in [0.1, 0.15) is 10.4 Å². The molecule has 6 nitrogen and oxygen atoms in total. The standard InChI is InChI=1S/C17H16BrFN4O2/c18-13-9-12(10-20-11-13)16(24)22-5-7-23(8-6-22)17(25)21-15-3-1-14(19)2-4-15/h1-4,9-11H,5-8H2,(H,21,25). The van der Waals surface area contributed by atoms with Crippen molar-refractivity contribution in [2.45, 2.75) is 0 Å². The molecular weight excluding hydrogens is 391 g/mol. The molecule has 1 aliphatic heterocycles. The summed E-state index contributed by atoms with van der Waals surface area (Å²) in [5.41, 5.74) is 1.05. The minimum absolute atomic E-state index is 0.104. The van der Waals surface area contributed by atoms with E-state index < -0.39 is 0 Å². The van der Waals surface area contributed by atoms with Crippen LogP contribution in [0.2, 0.25) is 0 Å². The van der Waals surface area contributed by atoms with Gasteiger partial charge >= 0.3 is 6.03 Å². The second-order valence-electron chi connectivity index (χ2n) is 5.61. The van der Waals surface area contributed by atoms with E-state index in [1.807, 2.05) is 0 Å². The second kappa shape index (κ2) is 7.60. The zero-order valence-corrected chi connectivity index (χ0v) is 14.9. The Morgan fingerprint density at radius 2 is 1.68 bits per heavy atom. The molecule has 2 aromatic rings. The average Bonchev–Trinajstić information content (AvgIpc) is 2.63. The van der Waals surface area contributed by atoms with Crippen molar-refractivity contribution in [1.29, 1.82) is 0 Å². The van der Waals surface area contributed by atoms with E-state index in [0.717, 1.165) is 4.47 Å². The lowest BCUT2D eigenvalue weighted by Gasteiger charge is -2.34. The summed E-state index contributed by atoms with van der Waals surface area (Å²) in [5, 5.41) is 2.72. The highest BCUT2D eigenvalue weighted by Crippen LogP contribution is 2.14. The van der Waals surface area contributed by atoms with Crippen molar-refractivity contribution < 1.29 is 14.0 Å². The molecule has 2 heterocycles. The molecule has 3 amide bonds. The smallest absolute Gasteiger partial charge is 0.321 e. The summed E-state index contributed by atoms with van der Waals surface area (Å²) in [4.78, 5) is 32.0. The van der Waals surface area contributed by atoms with Crippen LogP contribution in [0.25, 0.3) is 0 Å². The van der Waals surface area contributed by atoms with Crippen LogP contribution < -0.4 is 5.32 Å². The van der Waals surface area contributed by atoms with Gasteiger partial charge in [0, 0.05) is 48.7 Å². The van der Waals surface area contributed by atoms with E-state index in [0.29, 0.717) is 37.4 Å². The lowest BCUT2D eigenvalue weighted by molar-refractivity contribution is 0.0671. The Kier molecular flexibility index (Phi) is 5.28. The maximum absolute atomic E-state index is 12.9. The summed E-state index contributed by atoms with van der Waals surface area (Å²) in [5.74, 6) is -0.459. The van der Waals surface area contributed by atoms with Gasteiger partial charge in [-0.25, -0.2) is 9.18 Å². The van der Waals surface area contributed by atoms with E-state index in [9.17, 15) is 14.0 Å². The highest BCUT2D eigenvalue weighted by Gasteiger charge is 2.25. The third-order valence-electron chi connectivity index (χ3n) is 3.90. The fourth-order valence-corrected chi connectivity index (χ4v) is 2.92. The van der Waals surface area contributed by atoms with Crippen molar-refractivity contribution in [3.63, 3.8) is 0 Å². The number of anilines is 1. The molecule has 0 unspecified atom stereocenters. The molecule has 25 heavy (non-hydrogen) atoms. The van der Waals surface area contributed by atoms with Crippen LogP contribution in [0.3, 0.4) is 0 Å². The van der Waals surface area contributed by atoms with Gasteiger partial charge < -0.3 is 15.1 Å². The van der Waals surface area contributed by atoms with E-state index in [-0.39, 0.29) is 17.8 Å². The topological polar surface area (TPSA) is 65.5 Å². The number of carbonyl (C=O) groups excluding carboxylic acids is 2. The minimum atomic E-state index is -0.354. The van der Waals surface area contributed by atoms with Gasteiger partial charge in [-0.05, 0) is 46.3 Å². The van der Waals surface area contributed by atoms with Crippen LogP contribution >= 0.6 is 15.9 Å². The lowest BCUT2D eigenvalue weighted by Crippen LogP contribution is -2.51. The van der Waals surface area contributed by atoms with Crippen molar-refractivity contribution >= 4 is 33.6 Å². The first-order valence-corrected chi connectivity index (χ1v) is 8.53. The van der Waals surface area contributed by atoms with Crippen molar-refractivity contribution in [1.82, 2.24) is 14.8 Å². The van der Waals surface area contributed by atoms with Gasteiger partial charge in [-0.1, -0.05) is 0 Å². The first kappa shape index (κ1) is 17.3. The van der Waals surface area contributed by atoms with Crippen LogP contribution in [0.15, 0.2) is 47.2 Å². The van der Waals surface area contributed by atoms with Gasteiger partial charge in [-0.3, -0.25) is 9.78 Å². The van der Waals surface area contributed by atoms with Crippen LogP contribution in [0, 0.1) is 5.82 Å². The fraction of sp³-hybridized carbons (Fsp3) is 0.235. The molecular formula is C17H16BrFN4O2. The van der Waals surface area contributed by atoms with Gasteiger partial charge in [-0.2, -0.15) is 0 Å². The predicted octanol–water partition coefficient (Wildman–Crippen LogP) is 2.97. The number of halogens is 2. The number of carbonyl (C=O) groups is 2. The molecule has 1 aliphatic rings. The first-order valence-electron chi connectivity index (χ1n) is 7.74. The van der Waals surface area contributed by atoms with Crippen molar-refractivity contribution in [2.75, 3.05) is 31.5 Å². The Morgan fingerprint density at radius 3 is 2.32 bits per heavy atom. The second-order valence-corrected chi connectivity index (χ2v) is 6.52. The van der Waals surface area contributed by atoms with Gasteiger partial charge in [0.25, 0.3) is 5.91 Å². The summed E-state index contributed by atoms with van der Waals surface area (Å²) in [6, 6.07) is 7.06. The summed E-state index contributed by atoms with van der Waals surface area (Å²) in [7, 11) is 0. The summed E-state index contributed by atoms with van der Waals surface area (Å²) >= 11 is 3.30. The SMILES string of the molecule is O=C(Nc1ccc(F)cc1)N1CCN(C(=O)c2cncc(Br)c2)CC1. The van der Waals surface area contributed by atoms with Crippen LogP contribution in [0.4, 0.5) is 14.9 Å². The largest absolute Gasteiger partial charge is 0.335 e. The molecule has 1 aromatic carbocycles. The van der Waals surface area contributed by atoms with Crippen molar-refractivity contribution in [2.24, 2.45) is 0 Å². The molecule has 0 aliphatic carbocycles. The number of hydrogen-bond donors (Lipinski definition) is 1. The summed E-state index contributed by atoms with van der Waals surface area (Å²) in [6.07, 6.45) is 3.15. The van der Waals surface area contributed by atoms with Gasteiger partial charge in [0.1, 0.15) is 5.82 Å². The molecule has 0 atom stereocenters. The number of aromatic nitrogens is 1. The molecule has 1 N–H and O–H groups in total. The average molecular weight is 407 g/mol. The van der Waals surface area contributed by atoms with Crippen LogP contribution in [-0.2, 0) is 0 Å². The van der Waals surface area contributed by atoms with Crippen LogP contribution in [0.5, 0.6) is 0 Å². The van der Waals surface area contributed by atoms with Crippen molar-refractivity contribution in [3.05, 3.63) is 58.6 Å². The van der Waals surface area contributed by atoms with E-state index in [1.165, 1.54) is 30.5 Å². The number of pyridine rings is 1. The Balaban J connectivity index is 1.55. The Hall–Kier alpha value is -2.48. The Labute approximate surface area is 152 Å². The van der Waals surface area contributed by atoms with E-state index in [2.05, 4.69) is 26.2 Å². The van der Waals surface area contributed by atoms with E-state index >= 15 is 0 Å². The number of nitrogens with one attached hydrogen (secondary N) is 1. The molecule has 0 spiro atoms. The third kappa shape index (κ3) is 4.33. The quantitative estimate of drug-likeness (QED) is 0.833. The Bertz CT molecular complexity index is 776. The fourth-order valence-electron chi connectivity index (χ4n) is 2.56. The molecule has 1 fully saturated rings. The summed E-state index contributed by atoms with van der Waals surface area (Å²) < 4.78 is 13.6. The number of rotatable bonds is 2. The first-order chi connectivity index (χ1) is 12.0. The van der Waals surface area contributed by atoms with Crippen LogP contribution in [-0.4, -0.2) is 52.9 Å². The maximum atomic E-state index is 12.9. The van der Waals surface area contributed by atoms with E-state index in [4.69, 9.17) is 0 Å². The normalized spacial score (nSPS) is 14.3.